The Morgan fingerprint density at radius 1 is 1.29 bits per heavy atom. The number of thioether (sulfide) groups is 1. The van der Waals surface area contributed by atoms with Crippen LogP contribution < -0.4 is 5.32 Å². The number of rotatable bonds is 6. The van der Waals surface area contributed by atoms with Crippen molar-refractivity contribution in [2.75, 3.05) is 12.4 Å². The molecule has 150 valence electrons. The number of amides is 2. The SMILES string of the molecule is O=C(O)C1=C(CO)CS[C@@H]2[C@H](NC(=O)[C@@H](c3ccccc3)S(=O)(=O)O)C(=O)N12. The molecule has 2 aliphatic rings. The van der Waals surface area contributed by atoms with Gasteiger partial charge in [0.15, 0.2) is 5.25 Å². The van der Waals surface area contributed by atoms with Crippen LogP contribution >= 0.6 is 11.8 Å². The third-order valence-corrected chi connectivity index (χ3v) is 6.80. The quantitative estimate of drug-likeness (QED) is 0.341. The first kappa shape index (κ1) is 20.3. The number of hydrogen-bond donors (Lipinski definition) is 4. The first-order valence-electron chi connectivity index (χ1n) is 7.99. The van der Waals surface area contributed by atoms with Crippen molar-refractivity contribution < 1.29 is 37.6 Å². The topological polar surface area (TPSA) is 161 Å². The van der Waals surface area contributed by atoms with Crippen molar-refractivity contribution in [3.8, 4) is 0 Å². The number of carboxylic acids is 1. The molecule has 1 aromatic carbocycles. The Morgan fingerprint density at radius 3 is 2.46 bits per heavy atom. The summed E-state index contributed by atoms with van der Waals surface area (Å²) in [6.45, 7) is -0.527. The lowest BCUT2D eigenvalue weighted by Gasteiger charge is -2.49. The van der Waals surface area contributed by atoms with Crippen LogP contribution in [0, 0.1) is 0 Å². The maximum Gasteiger partial charge on any atom is 0.352 e. The monoisotopic (exact) mass is 428 g/mol. The highest BCUT2D eigenvalue weighted by molar-refractivity contribution is 8.00. The molecule has 0 radical (unpaired) electrons. The van der Waals surface area contributed by atoms with Crippen LogP contribution in [0.4, 0.5) is 0 Å². The molecule has 3 rings (SSSR count). The highest BCUT2D eigenvalue weighted by Gasteiger charge is 2.54. The molecule has 0 bridgehead atoms. The fraction of sp³-hybridized carbons (Fsp3) is 0.312. The second-order valence-corrected chi connectivity index (χ2v) is 8.72. The molecular formula is C16H16N2O8S2. The zero-order valence-corrected chi connectivity index (χ0v) is 15.8. The van der Waals surface area contributed by atoms with Gasteiger partial charge in [-0.3, -0.25) is 19.0 Å². The number of nitrogens with zero attached hydrogens (tertiary/aromatic N) is 1. The number of carbonyl (C=O) groups excluding carboxylic acids is 2. The summed E-state index contributed by atoms with van der Waals surface area (Å²) < 4.78 is 32.9. The highest BCUT2D eigenvalue weighted by Crippen LogP contribution is 2.40. The van der Waals surface area contributed by atoms with Crippen LogP contribution in [0.15, 0.2) is 41.6 Å². The maximum atomic E-state index is 12.6. The second kappa shape index (κ2) is 7.54. The number of nitrogens with one attached hydrogen (secondary N) is 1. The van der Waals surface area contributed by atoms with Crippen LogP contribution in [-0.4, -0.2) is 69.6 Å². The largest absolute Gasteiger partial charge is 0.477 e. The minimum atomic E-state index is -4.81. The Balaban J connectivity index is 1.83. The summed E-state index contributed by atoms with van der Waals surface area (Å²) in [5.74, 6) is -3.08. The van der Waals surface area contributed by atoms with E-state index >= 15 is 0 Å². The molecule has 2 aliphatic heterocycles. The lowest BCUT2D eigenvalue weighted by atomic mass is 10.0. The molecule has 10 nitrogen and oxygen atoms in total. The normalized spacial score (nSPS) is 22.9. The van der Waals surface area contributed by atoms with E-state index in [1.165, 1.54) is 24.3 Å². The first-order chi connectivity index (χ1) is 13.2. The Labute approximate surface area is 164 Å². The van der Waals surface area contributed by atoms with Crippen LogP contribution in [0.2, 0.25) is 0 Å². The van der Waals surface area contributed by atoms with Crippen LogP contribution in [0.5, 0.6) is 0 Å². The van der Waals surface area contributed by atoms with Gasteiger partial charge in [-0.15, -0.1) is 11.8 Å². The summed E-state index contributed by atoms with van der Waals surface area (Å²) >= 11 is 1.13. The lowest BCUT2D eigenvalue weighted by molar-refractivity contribution is -0.150. The van der Waals surface area contributed by atoms with Gasteiger partial charge in [0, 0.05) is 5.75 Å². The Kier molecular flexibility index (Phi) is 5.48. The number of hydrogen-bond acceptors (Lipinski definition) is 7. The van der Waals surface area contributed by atoms with E-state index in [9.17, 15) is 37.6 Å². The summed E-state index contributed by atoms with van der Waals surface area (Å²) in [6, 6.07) is 6.14. The van der Waals surface area contributed by atoms with Gasteiger partial charge >= 0.3 is 5.97 Å². The molecule has 0 aromatic heterocycles. The molecule has 3 atom stereocenters. The number of β-lactam (4-membered cyclic amide) rings is 1. The van der Waals surface area contributed by atoms with E-state index in [4.69, 9.17) is 0 Å². The number of fused-ring (bicyclic) bond motifs is 1. The average molecular weight is 428 g/mol. The summed E-state index contributed by atoms with van der Waals surface area (Å²) in [7, 11) is -4.81. The van der Waals surface area contributed by atoms with Crippen LogP contribution in [0.3, 0.4) is 0 Å². The number of benzene rings is 1. The lowest BCUT2D eigenvalue weighted by Crippen LogP contribution is -2.71. The zero-order chi connectivity index (χ0) is 20.6. The summed E-state index contributed by atoms with van der Waals surface area (Å²) in [6.07, 6.45) is 0. The molecule has 0 spiro atoms. The minimum Gasteiger partial charge on any atom is -0.477 e. The number of aliphatic hydroxyl groups is 1. The standard InChI is InChI=1S/C16H16N2O8S2/c19-6-9-7-27-15-10(14(21)18(15)11(9)16(22)23)17-13(20)12(28(24,25)26)8-4-2-1-3-5-8/h1-5,10,12,15,19H,6-7H2,(H,17,20)(H,22,23)(H,24,25,26)/t10-,12-,15-/m1/s1. The number of aliphatic hydroxyl groups excluding tert-OH is 1. The van der Waals surface area contributed by atoms with Gasteiger partial charge in [0.25, 0.3) is 16.0 Å². The molecule has 28 heavy (non-hydrogen) atoms. The minimum absolute atomic E-state index is 0.0242. The van der Waals surface area contributed by atoms with E-state index in [1.807, 2.05) is 0 Å². The van der Waals surface area contributed by atoms with Gasteiger partial charge in [-0.25, -0.2) is 4.79 Å². The van der Waals surface area contributed by atoms with Crippen LogP contribution in [-0.2, 0) is 24.5 Å². The van der Waals surface area contributed by atoms with Crippen molar-refractivity contribution in [2.24, 2.45) is 0 Å². The number of carbonyl (C=O) groups is 3. The fourth-order valence-corrected chi connectivity index (χ4v) is 5.30. The van der Waals surface area contributed by atoms with Gasteiger partial charge in [0.1, 0.15) is 17.1 Å². The second-order valence-electron chi connectivity index (χ2n) is 6.12. The van der Waals surface area contributed by atoms with Crippen molar-refractivity contribution in [3.63, 3.8) is 0 Å². The van der Waals surface area contributed by atoms with Crippen molar-refractivity contribution in [2.45, 2.75) is 16.7 Å². The predicted octanol–water partition coefficient (Wildman–Crippen LogP) is -0.654. The smallest absolute Gasteiger partial charge is 0.352 e. The molecular weight excluding hydrogens is 412 g/mol. The third-order valence-electron chi connectivity index (χ3n) is 4.38. The molecule has 12 heteroatoms. The van der Waals surface area contributed by atoms with Crippen LogP contribution in [0.1, 0.15) is 10.8 Å². The molecule has 0 aliphatic carbocycles. The van der Waals surface area contributed by atoms with Gasteiger partial charge < -0.3 is 15.5 Å². The molecule has 0 saturated carbocycles. The van der Waals surface area contributed by atoms with Crippen molar-refractivity contribution in [3.05, 3.63) is 47.2 Å². The van der Waals surface area contributed by atoms with Crippen molar-refractivity contribution >= 4 is 39.7 Å². The summed E-state index contributed by atoms with van der Waals surface area (Å²) in [5.41, 5.74) is -0.140. The molecule has 1 saturated heterocycles. The van der Waals surface area contributed by atoms with Crippen molar-refractivity contribution in [1.29, 1.82) is 0 Å². The van der Waals surface area contributed by atoms with Gasteiger partial charge in [-0.1, -0.05) is 30.3 Å². The first-order valence-corrected chi connectivity index (χ1v) is 10.5. The van der Waals surface area contributed by atoms with Gasteiger partial charge in [-0.05, 0) is 11.1 Å². The van der Waals surface area contributed by atoms with Crippen LogP contribution in [0.25, 0.3) is 0 Å². The highest BCUT2D eigenvalue weighted by atomic mass is 32.2. The molecule has 1 fully saturated rings. The molecule has 2 amide bonds. The van der Waals surface area contributed by atoms with E-state index in [0.29, 0.717) is 0 Å². The van der Waals surface area contributed by atoms with Gasteiger partial charge in [0.2, 0.25) is 5.91 Å². The molecule has 1 aromatic rings. The Bertz CT molecular complexity index is 960. The van der Waals surface area contributed by atoms with Gasteiger partial charge in [-0.2, -0.15) is 8.42 Å². The van der Waals surface area contributed by atoms with E-state index < -0.39 is 51.2 Å². The van der Waals surface area contributed by atoms with E-state index in [0.717, 1.165) is 16.7 Å². The number of carboxylic acid groups (broad SMARTS) is 1. The molecule has 4 N–H and O–H groups in total. The Hall–Kier alpha value is -2.41. The Morgan fingerprint density at radius 2 is 1.93 bits per heavy atom. The van der Waals surface area contributed by atoms with E-state index in [2.05, 4.69) is 5.32 Å². The number of aliphatic carboxylic acids is 1. The molecule has 0 unspecified atom stereocenters. The zero-order valence-electron chi connectivity index (χ0n) is 14.2. The van der Waals surface area contributed by atoms with E-state index in [1.54, 1.807) is 6.07 Å². The van der Waals surface area contributed by atoms with E-state index in [-0.39, 0.29) is 22.6 Å². The maximum absolute atomic E-state index is 12.6. The summed E-state index contributed by atoms with van der Waals surface area (Å²) in [5, 5.41) is 18.2. The van der Waals surface area contributed by atoms with Gasteiger partial charge in [0.05, 0.1) is 6.61 Å². The van der Waals surface area contributed by atoms with Crippen molar-refractivity contribution in [1.82, 2.24) is 10.2 Å². The third kappa shape index (κ3) is 3.51. The predicted molar refractivity (Wildman–Crippen MR) is 97.5 cm³/mol. The summed E-state index contributed by atoms with van der Waals surface area (Å²) in [4.78, 5) is 37.4. The molecule has 2 heterocycles. The average Bonchev–Trinajstić information content (AvgIpc) is 2.64. The fourth-order valence-electron chi connectivity index (χ4n) is 3.12.